The molecule has 0 bridgehead atoms. The van der Waals surface area contributed by atoms with Crippen LogP contribution >= 0.6 is 11.6 Å². The fourth-order valence-electron chi connectivity index (χ4n) is 2.88. The van der Waals surface area contributed by atoms with Crippen LogP contribution in [0.1, 0.15) is 18.5 Å². The number of halogens is 1. The number of benzene rings is 1. The predicted molar refractivity (Wildman–Crippen MR) is 89.1 cm³/mol. The van der Waals surface area contributed by atoms with Crippen LogP contribution in [0.25, 0.3) is 5.69 Å². The maximum Gasteiger partial charge on any atom is 0.323 e. The van der Waals surface area contributed by atoms with Crippen molar-refractivity contribution in [1.29, 1.82) is 0 Å². The topological polar surface area (TPSA) is 70.4 Å². The first-order valence-electron chi connectivity index (χ1n) is 7.59. The molecule has 0 saturated carbocycles. The highest BCUT2D eigenvalue weighted by Gasteiger charge is 2.28. The molecule has 0 unspecified atom stereocenters. The van der Waals surface area contributed by atoms with Crippen LogP contribution in [0.2, 0.25) is 5.02 Å². The number of amides is 2. The lowest BCUT2D eigenvalue weighted by Crippen LogP contribution is -2.40. The predicted octanol–water partition coefficient (Wildman–Crippen LogP) is 2.82. The molecule has 0 aliphatic carbocycles. The van der Waals surface area contributed by atoms with E-state index in [4.69, 9.17) is 11.6 Å². The van der Waals surface area contributed by atoms with Crippen molar-refractivity contribution in [2.24, 2.45) is 0 Å². The van der Waals surface area contributed by atoms with E-state index in [1.807, 2.05) is 31.2 Å². The van der Waals surface area contributed by atoms with E-state index in [2.05, 4.69) is 10.4 Å². The van der Waals surface area contributed by atoms with E-state index < -0.39 is 0 Å². The summed E-state index contributed by atoms with van der Waals surface area (Å²) in [4.78, 5) is 14.0. The third-order valence-corrected chi connectivity index (χ3v) is 4.26. The fourth-order valence-corrected chi connectivity index (χ4v) is 3.06. The van der Waals surface area contributed by atoms with E-state index in [0.717, 1.165) is 24.2 Å². The number of aliphatic hydroxyl groups is 1. The Labute approximate surface area is 139 Å². The summed E-state index contributed by atoms with van der Waals surface area (Å²) in [6.45, 7) is 2.56. The summed E-state index contributed by atoms with van der Waals surface area (Å²) in [6.07, 6.45) is 1.74. The van der Waals surface area contributed by atoms with E-state index in [1.54, 1.807) is 15.6 Å². The average Bonchev–Trinajstić information content (AvgIpc) is 3.13. The average molecular weight is 335 g/mol. The van der Waals surface area contributed by atoms with Gasteiger partial charge in [-0.05, 0) is 38.0 Å². The van der Waals surface area contributed by atoms with Crippen LogP contribution in [-0.4, -0.2) is 45.0 Å². The van der Waals surface area contributed by atoms with Crippen molar-refractivity contribution in [3.8, 4) is 5.69 Å². The largest absolute Gasteiger partial charge is 0.394 e. The van der Waals surface area contributed by atoms with E-state index in [1.165, 1.54) is 0 Å². The number of hydrogen-bond donors (Lipinski definition) is 2. The Balaban J connectivity index is 1.77. The van der Waals surface area contributed by atoms with E-state index in [0.29, 0.717) is 17.4 Å². The van der Waals surface area contributed by atoms with Crippen LogP contribution in [0.4, 0.5) is 10.6 Å². The first-order chi connectivity index (χ1) is 11.1. The minimum absolute atomic E-state index is 0.0105. The Morgan fingerprint density at radius 2 is 2.30 bits per heavy atom. The molecule has 1 aromatic heterocycles. The van der Waals surface area contributed by atoms with Gasteiger partial charge in [-0.3, -0.25) is 5.32 Å². The smallest absolute Gasteiger partial charge is 0.323 e. The third kappa shape index (κ3) is 3.33. The molecule has 1 atom stereocenters. The molecule has 2 amide bonds. The summed E-state index contributed by atoms with van der Waals surface area (Å²) in [6, 6.07) is 8.85. The van der Waals surface area contributed by atoms with Crippen molar-refractivity contribution in [3.63, 3.8) is 0 Å². The Morgan fingerprint density at radius 3 is 3.04 bits per heavy atom. The first-order valence-corrected chi connectivity index (χ1v) is 7.97. The zero-order valence-electron chi connectivity index (χ0n) is 12.9. The second-order valence-corrected chi connectivity index (χ2v) is 6.10. The molecule has 1 aromatic carbocycles. The molecule has 1 fully saturated rings. The molecule has 23 heavy (non-hydrogen) atoms. The van der Waals surface area contributed by atoms with Gasteiger partial charge in [0.25, 0.3) is 0 Å². The number of aryl methyl sites for hydroxylation is 1. The molecule has 1 aliphatic heterocycles. The molecule has 7 heteroatoms. The number of likely N-dealkylation sites (tertiary alicyclic amines) is 1. The molecular weight excluding hydrogens is 316 g/mol. The van der Waals surface area contributed by atoms with Crippen LogP contribution in [0.5, 0.6) is 0 Å². The highest BCUT2D eigenvalue weighted by molar-refractivity contribution is 6.30. The summed E-state index contributed by atoms with van der Waals surface area (Å²) < 4.78 is 1.73. The minimum Gasteiger partial charge on any atom is -0.394 e. The van der Waals surface area contributed by atoms with Crippen molar-refractivity contribution in [3.05, 3.63) is 41.0 Å². The van der Waals surface area contributed by atoms with Crippen molar-refractivity contribution < 1.29 is 9.90 Å². The van der Waals surface area contributed by atoms with Gasteiger partial charge < -0.3 is 10.0 Å². The van der Waals surface area contributed by atoms with Crippen molar-refractivity contribution in [2.45, 2.75) is 25.8 Å². The maximum absolute atomic E-state index is 12.3. The van der Waals surface area contributed by atoms with Crippen molar-refractivity contribution >= 4 is 23.4 Å². The number of hydrogen-bond acceptors (Lipinski definition) is 3. The van der Waals surface area contributed by atoms with Gasteiger partial charge in [0, 0.05) is 23.3 Å². The highest BCUT2D eigenvalue weighted by Crippen LogP contribution is 2.21. The summed E-state index contributed by atoms with van der Waals surface area (Å²) >= 11 is 6.02. The minimum atomic E-state index is -0.225. The first kappa shape index (κ1) is 15.8. The Kier molecular flexibility index (Phi) is 4.54. The lowest BCUT2D eigenvalue weighted by atomic mass is 10.2. The number of aliphatic hydroxyl groups excluding tert-OH is 1. The van der Waals surface area contributed by atoms with Crippen LogP contribution in [0.3, 0.4) is 0 Å². The molecule has 2 heterocycles. The molecule has 2 aromatic rings. The Hall–Kier alpha value is -2.05. The second-order valence-electron chi connectivity index (χ2n) is 5.66. The quantitative estimate of drug-likeness (QED) is 0.906. The molecule has 6 nitrogen and oxygen atoms in total. The third-order valence-electron chi connectivity index (χ3n) is 4.02. The molecule has 3 rings (SSSR count). The molecule has 2 N–H and O–H groups in total. The van der Waals surface area contributed by atoms with Gasteiger partial charge in [0.1, 0.15) is 0 Å². The van der Waals surface area contributed by atoms with E-state index in [-0.39, 0.29) is 18.7 Å². The summed E-state index contributed by atoms with van der Waals surface area (Å²) in [5, 5.41) is 17.2. The van der Waals surface area contributed by atoms with Gasteiger partial charge in [-0.1, -0.05) is 17.7 Å². The second kappa shape index (κ2) is 6.60. The normalized spacial score (nSPS) is 17.5. The molecule has 1 saturated heterocycles. The molecular formula is C16H19ClN4O2. The molecule has 122 valence electrons. The van der Waals surface area contributed by atoms with Gasteiger partial charge in [0.2, 0.25) is 0 Å². The number of nitrogens with zero attached hydrogens (tertiary/aromatic N) is 3. The lowest BCUT2D eigenvalue weighted by molar-refractivity contribution is 0.166. The number of rotatable bonds is 3. The molecule has 1 aliphatic rings. The Morgan fingerprint density at radius 1 is 1.48 bits per heavy atom. The fraction of sp³-hybridized carbons (Fsp3) is 0.375. The summed E-state index contributed by atoms with van der Waals surface area (Å²) in [5.41, 5.74) is 1.73. The number of nitrogens with one attached hydrogen (secondary N) is 1. The number of carbonyl (C=O) groups excluding carboxylic acids is 1. The van der Waals surface area contributed by atoms with Gasteiger partial charge in [-0.2, -0.15) is 0 Å². The monoisotopic (exact) mass is 334 g/mol. The highest BCUT2D eigenvalue weighted by atomic mass is 35.5. The Bertz CT molecular complexity index is 716. The van der Waals surface area contributed by atoms with Gasteiger partial charge in [-0.15, -0.1) is 5.10 Å². The van der Waals surface area contributed by atoms with Gasteiger partial charge in [0.05, 0.1) is 18.3 Å². The van der Waals surface area contributed by atoms with Crippen molar-refractivity contribution in [1.82, 2.24) is 14.7 Å². The zero-order valence-corrected chi connectivity index (χ0v) is 13.6. The summed E-state index contributed by atoms with van der Waals surface area (Å²) in [7, 11) is 0. The van der Waals surface area contributed by atoms with Gasteiger partial charge in [0.15, 0.2) is 5.82 Å². The SMILES string of the molecule is Cc1cc(NC(=O)N2CCC[C@H]2CO)nn1-c1cccc(Cl)c1. The van der Waals surface area contributed by atoms with Crippen LogP contribution in [0.15, 0.2) is 30.3 Å². The van der Waals surface area contributed by atoms with E-state index >= 15 is 0 Å². The standard InChI is InChI=1S/C16H19ClN4O2/c1-11-8-15(18-16(23)20-7-3-6-14(20)10-22)19-21(11)13-5-2-4-12(17)9-13/h2,4-5,8-9,14,22H,3,6-7,10H2,1H3,(H,18,19,23)/t14-/m0/s1. The van der Waals surface area contributed by atoms with Crippen LogP contribution < -0.4 is 5.32 Å². The number of carbonyl (C=O) groups is 1. The van der Waals surface area contributed by atoms with E-state index in [9.17, 15) is 9.90 Å². The van der Waals surface area contributed by atoms with Crippen LogP contribution in [-0.2, 0) is 0 Å². The summed E-state index contributed by atoms with van der Waals surface area (Å²) in [5.74, 6) is 0.482. The van der Waals surface area contributed by atoms with Gasteiger partial charge in [-0.25, -0.2) is 9.48 Å². The lowest BCUT2D eigenvalue weighted by Gasteiger charge is -2.22. The maximum atomic E-state index is 12.3. The van der Waals surface area contributed by atoms with Gasteiger partial charge >= 0.3 is 6.03 Å². The number of anilines is 1. The zero-order chi connectivity index (χ0) is 16.4. The van der Waals surface area contributed by atoms with Crippen molar-refractivity contribution in [2.75, 3.05) is 18.5 Å². The molecule has 0 spiro atoms. The number of aromatic nitrogens is 2. The van der Waals surface area contributed by atoms with Crippen LogP contribution in [0, 0.1) is 6.92 Å². The number of urea groups is 1. The molecule has 0 radical (unpaired) electrons.